The molecule has 1 aromatic rings. The number of nitrogens with two attached hydrogens (primary N) is 1. The molecule has 2 N–H and O–H groups in total. The van der Waals surface area contributed by atoms with Crippen molar-refractivity contribution in [1.82, 2.24) is 4.90 Å². The summed E-state index contributed by atoms with van der Waals surface area (Å²) in [5.74, 6) is -0.115. The zero-order valence-electron chi connectivity index (χ0n) is 10.6. The van der Waals surface area contributed by atoms with E-state index in [2.05, 4.69) is 0 Å². The van der Waals surface area contributed by atoms with Gasteiger partial charge in [-0.25, -0.2) is 4.79 Å². The zero-order valence-corrected chi connectivity index (χ0v) is 10.6. The van der Waals surface area contributed by atoms with Crippen LogP contribution in [0.15, 0.2) is 24.3 Å². The van der Waals surface area contributed by atoms with E-state index in [-0.39, 0.29) is 18.6 Å². The van der Waals surface area contributed by atoms with E-state index < -0.39 is 12.1 Å². The summed E-state index contributed by atoms with van der Waals surface area (Å²) in [5, 5.41) is 0. The van der Waals surface area contributed by atoms with E-state index in [0.29, 0.717) is 6.54 Å². The molecule has 0 spiro atoms. The number of hydrogen-bond acceptors (Lipinski definition) is 4. The van der Waals surface area contributed by atoms with Crippen LogP contribution in [0, 0.1) is 0 Å². The van der Waals surface area contributed by atoms with Crippen LogP contribution in [0.1, 0.15) is 11.6 Å². The molecule has 0 bridgehead atoms. The molecule has 1 aromatic carbocycles. The number of para-hydroxylation sites is 1. The molecule has 3 rings (SSSR count). The normalized spacial score (nSPS) is 25.8. The van der Waals surface area contributed by atoms with Gasteiger partial charge in [-0.2, -0.15) is 0 Å². The largest absolute Gasteiger partial charge is 0.443 e. The molecular weight excluding hydrogens is 246 g/mol. The molecule has 6 nitrogen and oxygen atoms in total. The van der Waals surface area contributed by atoms with E-state index in [9.17, 15) is 9.59 Å². The van der Waals surface area contributed by atoms with E-state index in [0.717, 1.165) is 11.3 Å². The van der Waals surface area contributed by atoms with E-state index in [1.807, 2.05) is 24.3 Å². The minimum atomic E-state index is -0.592. The number of anilines is 1. The third kappa shape index (κ3) is 1.67. The van der Waals surface area contributed by atoms with Gasteiger partial charge in [0.25, 0.3) is 5.91 Å². The molecule has 6 heteroatoms. The monoisotopic (exact) mass is 261 g/mol. The second-order valence-electron chi connectivity index (χ2n) is 4.75. The second-order valence-corrected chi connectivity index (χ2v) is 4.75. The van der Waals surface area contributed by atoms with Gasteiger partial charge in [0.05, 0.1) is 6.54 Å². The van der Waals surface area contributed by atoms with Gasteiger partial charge in [-0.15, -0.1) is 0 Å². The zero-order chi connectivity index (χ0) is 13.6. The lowest BCUT2D eigenvalue weighted by molar-refractivity contribution is -0.121. The first kappa shape index (κ1) is 12.0. The fourth-order valence-corrected chi connectivity index (χ4v) is 2.64. The number of amides is 2. The fraction of sp³-hybridized carbons (Fsp3) is 0.385. The van der Waals surface area contributed by atoms with Crippen molar-refractivity contribution < 1.29 is 14.3 Å². The lowest BCUT2D eigenvalue weighted by Crippen LogP contribution is -2.37. The molecule has 19 heavy (non-hydrogen) atoms. The Bertz CT molecular complexity index is 546. The Kier molecular flexibility index (Phi) is 2.67. The maximum Gasteiger partial charge on any atom is 0.411 e. The number of nitrogens with zero attached hydrogens (tertiary/aromatic N) is 2. The molecule has 1 fully saturated rings. The van der Waals surface area contributed by atoms with E-state index in [1.165, 1.54) is 4.90 Å². The molecule has 2 aliphatic heterocycles. The Labute approximate surface area is 110 Å². The van der Waals surface area contributed by atoms with E-state index >= 15 is 0 Å². The molecule has 2 unspecified atom stereocenters. The first-order valence-corrected chi connectivity index (χ1v) is 6.17. The number of ether oxygens (including phenoxy) is 1. The lowest BCUT2D eigenvalue weighted by Gasteiger charge is -2.20. The predicted octanol–water partition coefficient (Wildman–Crippen LogP) is 0.484. The van der Waals surface area contributed by atoms with E-state index in [1.54, 1.807) is 11.9 Å². The van der Waals surface area contributed by atoms with Gasteiger partial charge in [-0.3, -0.25) is 9.69 Å². The van der Waals surface area contributed by atoms with Crippen molar-refractivity contribution in [3.63, 3.8) is 0 Å². The summed E-state index contributed by atoms with van der Waals surface area (Å²) < 4.78 is 5.13. The summed E-state index contributed by atoms with van der Waals surface area (Å²) in [6, 6.07) is 6.88. The Morgan fingerprint density at radius 2 is 2.11 bits per heavy atom. The van der Waals surface area contributed by atoms with Gasteiger partial charge in [-0.05, 0) is 6.07 Å². The van der Waals surface area contributed by atoms with Gasteiger partial charge >= 0.3 is 6.09 Å². The maximum atomic E-state index is 12.3. The molecular formula is C13H15N3O3. The standard InChI is InChI=1S/C13H15N3O3/c1-15-10-5-3-2-4-9(10)11(12(15)17)16-7-8(6-14)19-13(16)18/h2-5,8,11H,6-7,14H2,1H3. The highest BCUT2D eigenvalue weighted by Gasteiger charge is 2.45. The average molecular weight is 261 g/mol. The van der Waals surface area contributed by atoms with Crippen molar-refractivity contribution in [1.29, 1.82) is 0 Å². The summed E-state index contributed by atoms with van der Waals surface area (Å²) >= 11 is 0. The lowest BCUT2D eigenvalue weighted by atomic mass is 10.1. The molecule has 2 atom stereocenters. The SMILES string of the molecule is CN1C(=O)C(N2CC(CN)OC2=O)c2ccccc21. The number of hydrogen-bond donors (Lipinski definition) is 1. The third-order valence-corrected chi connectivity index (χ3v) is 3.63. The first-order valence-electron chi connectivity index (χ1n) is 6.17. The predicted molar refractivity (Wildman–Crippen MR) is 68.6 cm³/mol. The van der Waals surface area contributed by atoms with Crippen molar-refractivity contribution in [2.45, 2.75) is 12.1 Å². The molecule has 0 saturated carbocycles. The minimum absolute atomic E-state index is 0.115. The summed E-state index contributed by atoms with van der Waals surface area (Å²) in [5.41, 5.74) is 7.19. The summed E-state index contributed by atoms with van der Waals surface area (Å²) in [7, 11) is 1.71. The highest BCUT2D eigenvalue weighted by molar-refractivity contribution is 6.05. The highest BCUT2D eigenvalue weighted by atomic mass is 16.6. The van der Waals surface area contributed by atoms with Crippen molar-refractivity contribution in [2.24, 2.45) is 5.73 Å². The molecule has 2 amide bonds. The van der Waals surface area contributed by atoms with Crippen LogP contribution in [0.2, 0.25) is 0 Å². The first-order chi connectivity index (χ1) is 9.13. The van der Waals surface area contributed by atoms with Crippen LogP contribution in [0.25, 0.3) is 0 Å². The average Bonchev–Trinajstić information content (AvgIpc) is 2.90. The molecule has 1 saturated heterocycles. The smallest absolute Gasteiger partial charge is 0.411 e. The summed E-state index contributed by atoms with van der Waals surface area (Å²) in [6.45, 7) is 0.620. The number of carbonyl (C=O) groups excluding carboxylic acids is 2. The van der Waals surface area contributed by atoms with Gasteiger partial charge in [0.1, 0.15) is 12.1 Å². The van der Waals surface area contributed by atoms with E-state index in [4.69, 9.17) is 10.5 Å². The van der Waals surface area contributed by atoms with Crippen LogP contribution in [0.4, 0.5) is 10.5 Å². The van der Waals surface area contributed by atoms with Gasteiger partial charge in [0.15, 0.2) is 0 Å². The second kappa shape index (κ2) is 4.24. The number of likely N-dealkylation sites (N-methyl/N-ethyl adjacent to an activating group) is 1. The summed E-state index contributed by atoms with van der Waals surface area (Å²) in [6.07, 6.45) is -0.808. The van der Waals surface area contributed by atoms with Crippen LogP contribution >= 0.6 is 0 Å². The molecule has 0 aliphatic carbocycles. The number of rotatable bonds is 2. The Morgan fingerprint density at radius 3 is 2.79 bits per heavy atom. The Balaban J connectivity index is 1.98. The van der Waals surface area contributed by atoms with Crippen molar-refractivity contribution >= 4 is 17.7 Å². The van der Waals surface area contributed by atoms with Gasteiger partial charge in [0, 0.05) is 24.8 Å². The topological polar surface area (TPSA) is 75.9 Å². The van der Waals surface area contributed by atoms with Crippen molar-refractivity contribution in [3.8, 4) is 0 Å². The Hall–Kier alpha value is -2.08. The quantitative estimate of drug-likeness (QED) is 0.840. The van der Waals surface area contributed by atoms with Crippen LogP contribution in [-0.2, 0) is 9.53 Å². The van der Waals surface area contributed by atoms with Crippen molar-refractivity contribution in [2.75, 3.05) is 25.0 Å². The number of benzene rings is 1. The highest BCUT2D eigenvalue weighted by Crippen LogP contribution is 2.39. The Morgan fingerprint density at radius 1 is 1.37 bits per heavy atom. The van der Waals surface area contributed by atoms with Crippen LogP contribution in [0.5, 0.6) is 0 Å². The number of cyclic esters (lactones) is 1. The molecule has 2 aliphatic rings. The third-order valence-electron chi connectivity index (χ3n) is 3.63. The van der Waals surface area contributed by atoms with Gasteiger partial charge in [-0.1, -0.05) is 18.2 Å². The van der Waals surface area contributed by atoms with Crippen molar-refractivity contribution in [3.05, 3.63) is 29.8 Å². The van der Waals surface area contributed by atoms with Crippen LogP contribution < -0.4 is 10.6 Å². The van der Waals surface area contributed by atoms with Gasteiger partial charge in [0.2, 0.25) is 0 Å². The molecule has 100 valence electrons. The maximum absolute atomic E-state index is 12.3. The van der Waals surface area contributed by atoms with Crippen LogP contribution in [0.3, 0.4) is 0 Å². The van der Waals surface area contributed by atoms with Gasteiger partial charge < -0.3 is 15.4 Å². The number of carbonyl (C=O) groups is 2. The molecule has 2 heterocycles. The molecule has 0 radical (unpaired) electrons. The number of fused-ring (bicyclic) bond motifs is 1. The van der Waals surface area contributed by atoms with Crippen LogP contribution in [-0.4, -0.2) is 43.1 Å². The fourth-order valence-electron chi connectivity index (χ4n) is 2.64. The minimum Gasteiger partial charge on any atom is -0.443 e. The summed E-state index contributed by atoms with van der Waals surface area (Å²) in [4.78, 5) is 27.2. The molecule has 0 aromatic heterocycles.